The van der Waals surface area contributed by atoms with E-state index in [1.54, 1.807) is 13.1 Å². The highest BCUT2D eigenvalue weighted by molar-refractivity contribution is 8.16. The van der Waals surface area contributed by atoms with Gasteiger partial charge in [0.15, 0.2) is 5.17 Å². The third-order valence-electron chi connectivity index (χ3n) is 6.33. The molecule has 2 aromatic carbocycles. The zero-order chi connectivity index (χ0) is 27.2. The maximum Gasteiger partial charge on any atom is 0.338 e. The van der Waals surface area contributed by atoms with E-state index in [0.717, 1.165) is 17.0 Å². The van der Waals surface area contributed by atoms with Crippen molar-refractivity contribution in [2.75, 3.05) is 13.7 Å². The van der Waals surface area contributed by atoms with E-state index in [4.69, 9.17) is 9.47 Å². The average Bonchev–Trinajstić information content (AvgIpc) is 3.34. The zero-order valence-electron chi connectivity index (χ0n) is 21.7. The minimum atomic E-state index is -0.535. The minimum absolute atomic E-state index is 0.121. The van der Waals surface area contributed by atoms with Crippen molar-refractivity contribution in [1.82, 2.24) is 15.2 Å². The fourth-order valence-electron chi connectivity index (χ4n) is 4.53. The summed E-state index contributed by atoms with van der Waals surface area (Å²) in [6.07, 6.45) is 2.52. The molecule has 2 aliphatic heterocycles. The Hall–Kier alpha value is -4.37. The van der Waals surface area contributed by atoms with Gasteiger partial charge in [-0.1, -0.05) is 48.2 Å². The molecule has 1 N–H and O–H groups in total. The summed E-state index contributed by atoms with van der Waals surface area (Å²) in [5.41, 5.74) is 3.48. The molecule has 0 spiro atoms. The van der Waals surface area contributed by atoms with Crippen LogP contribution in [0, 0.1) is 0 Å². The van der Waals surface area contributed by atoms with Gasteiger partial charge in [0.2, 0.25) is 5.91 Å². The number of hydrogen-bond donors (Lipinski definition) is 1. The summed E-state index contributed by atoms with van der Waals surface area (Å²) in [5, 5.41) is 5.60. The number of methoxy groups -OCH3 is 1. The maximum atomic E-state index is 13.0. The van der Waals surface area contributed by atoms with Gasteiger partial charge in [0, 0.05) is 30.6 Å². The number of nitrogens with zero attached hydrogens (tertiary/aromatic N) is 3. The summed E-state index contributed by atoms with van der Waals surface area (Å²) in [4.78, 5) is 36.9. The number of aromatic nitrogens is 1. The second kappa shape index (κ2) is 12.0. The number of amidine groups is 1. The number of carbonyl (C=O) groups is 2. The van der Waals surface area contributed by atoms with Crippen LogP contribution in [-0.4, -0.2) is 40.6 Å². The van der Waals surface area contributed by atoms with Gasteiger partial charge in [-0.25, -0.2) is 9.79 Å². The summed E-state index contributed by atoms with van der Waals surface area (Å²) in [7, 11) is 1.36. The number of nitrogens with one attached hydrogen (secondary N) is 1. The van der Waals surface area contributed by atoms with Crippen molar-refractivity contribution in [3.8, 4) is 11.5 Å². The van der Waals surface area contributed by atoms with E-state index in [9.17, 15) is 9.59 Å². The Labute approximate surface area is 231 Å². The number of ether oxygens (including phenoxy) is 2. The molecule has 0 radical (unpaired) electrons. The lowest BCUT2D eigenvalue weighted by Crippen LogP contribution is -2.38. The third kappa shape index (κ3) is 6.04. The molecule has 1 atom stereocenters. The fourth-order valence-corrected chi connectivity index (χ4v) is 5.50. The van der Waals surface area contributed by atoms with Crippen molar-refractivity contribution in [2.45, 2.75) is 25.8 Å². The van der Waals surface area contributed by atoms with Gasteiger partial charge < -0.3 is 19.7 Å². The molecule has 1 amide bonds. The van der Waals surface area contributed by atoms with Gasteiger partial charge in [-0.05, 0) is 54.3 Å². The number of rotatable bonds is 9. The second-order valence-electron chi connectivity index (χ2n) is 8.97. The van der Waals surface area contributed by atoms with Crippen LogP contribution >= 0.6 is 11.8 Å². The van der Waals surface area contributed by atoms with E-state index >= 15 is 0 Å². The van der Waals surface area contributed by atoms with E-state index in [-0.39, 0.29) is 12.3 Å². The summed E-state index contributed by atoms with van der Waals surface area (Å²) < 4.78 is 11.2. The largest absolute Gasteiger partial charge is 0.466 e. The Bertz CT molecular complexity index is 1450. The molecule has 3 aromatic rings. The number of amides is 1. The van der Waals surface area contributed by atoms with Gasteiger partial charge >= 0.3 is 5.97 Å². The van der Waals surface area contributed by atoms with Crippen LogP contribution in [0.3, 0.4) is 0 Å². The summed E-state index contributed by atoms with van der Waals surface area (Å²) >= 11 is 1.43. The predicted octanol–water partition coefficient (Wildman–Crippen LogP) is 5.37. The number of carbonyl (C=O) groups excluding carboxylic acids is 2. The van der Waals surface area contributed by atoms with Gasteiger partial charge in [-0.2, -0.15) is 0 Å². The third-order valence-corrected chi connectivity index (χ3v) is 7.22. The average molecular weight is 541 g/mol. The molecule has 9 heteroatoms. The van der Waals surface area contributed by atoms with Crippen LogP contribution in [0.2, 0.25) is 0 Å². The van der Waals surface area contributed by atoms with Crippen LogP contribution in [0.4, 0.5) is 0 Å². The molecule has 0 saturated carbocycles. The first-order chi connectivity index (χ1) is 19.0. The lowest BCUT2D eigenvalue weighted by atomic mass is 9.93. The molecule has 0 saturated heterocycles. The van der Waals surface area contributed by atoms with E-state index in [0.29, 0.717) is 40.9 Å². The number of thioether (sulfide) groups is 1. The Kier molecular flexibility index (Phi) is 8.07. The first-order valence-electron chi connectivity index (χ1n) is 12.6. The van der Waals surface area contributed by atoms with Crippen molar-refractivity contribution in [3.05, 3.63) is 113 Å². The van der Waals surface area contributed by atoms with Crippen molar-refractivity contribution in [1.29, 1.82) is 0 Å². The van der Waals surface area contributed by atoms with Crippen molar-refractivity contribution in [3.63, 3.8) is 0 Å². The topological polar surface area (TPSA) is 93.1 Å². The fraction of sp³-hybridized carbons (Fsp3) is 0.200. The summed E-state index contributed by atoms with van der Waals surface area (Å²) in [6.45, 7) is 2.28. The molecule has 0 fully saturated rings. The highest BCUT2D eigenvalue weighted by Crippen LogP contribution is 2.45. The molecule has 0 bridgehead atoms. The number of para-hydroxylation sites is 1. The smallest absolute Gasteiger partial charge is 0.338 e. The predicted molar refractivity (Wildman–Crippen MR) is 151 cm³/mol. The van der Waals surface area contributed by atoms with Gasteiger partial charge in [-0.3, -0.25) is 9.78 Å². The molecule has 198 valence electrons. The Morgan fingerprint density at radius 3 is 2.59 bits per heavy atom. The molecule has 5 rings (SSSR count). The SMILES string of the molecule is COC(=O)C1=C(C)N=C2SC=C(CC(=O)NCCc3ccccn3)N2C1c1cccc(Oc2ccccc2)c1. The van der Waals surface area contributed by atoms with E-state index in [1.165, 1.54) is 18.9 Å². The molecular weight excluding hydrogens is 512 g/mol. The normalized spacial score (nSPS) is 16.3. The standard InChI is InChI=1S/C30H28N4O4S/c1-20-27(29(36)37-2)28(21-9-8-13-25(17-21)38-24-11-4-3-5-12-24)34-23(19-39-30(34)33-20)18-26(35)32-16-14-22-10-6-7-15-31-22/h3-13,15,17,19,28H,14,16,18H2,1-2H3,(H,32,35). The number of fused-ring (bicyclic) bond motifs is 1. The van der Waals surface area contributed by atoms with Crippen LogP contribution in [0.1, 0.15) is 30.6 Å². The zero-order valence-corrected chi connectivity index (χ0v) is 22.5. The Morgan fingerprint density at radius 2 is 1.82 bits per heavy atom. The molecule has 1 aromatic heterocycles. The van der Waals surface area contributed by atoms with Gasteiger partial charge in [0.25, 0.3) is 0 Å². The van der Waals surface area contributed by atoms with Gasteiger partial charge in [-0.15, -0.1) is 0 Å². The summed E-state index contributed by atoms with van der Waals surface area (Å²) in [5.74, 6) is 0.755. The molecule has 1 unspecified atom stereocenters. The number of esters is 1. The highest BCUT2D eigenvalue weighted by atomic mass is 32.2. The number of pyridine rings is 1. The number of hydrogen-bond acceptors (Lipinski definition) is 8. The quantitative estimate of drug-likeness (QED) is 0.365. The first-order valence-corrected chi connectivity index (χ1v) is 13.4. The number of allylic oxidation sites excluding steroid dienone is 1. The highest BCUT2D eigenvalue weighted by Gasteiger charge is 2.41. The molecule has 39 heavy (non-hydrogen) atoms. The van der Waals surface area contributed by atoms with Crippen LogP contribution in [0.5, 0.6) is 11.5 Å². The first kappa shape index (κ1) is 26.2. The lowest BCUT2D eigenvalue weighted by molar-refractivity contribution is -0.136. The van der Waals surface area contributed by atoms with Crippen molar-refractivity contribution < 1.29 is 19.1 Å². The minimum Gasteiger partial charge on any atom is -0.466 e. The van der Waals surface area contributed by atoms with Crippen LogP contribution in [0.15, 0.2) is 106 Å². The van der Waals surface area contributed by atoms with E-state index in [1.807, 2.05) is 83.1 Å². The van der Waals surface area contributed by atoms with Crippen LogP contribution in [0.25, 0.3) is 0 Å². The monoisotopic (exact) mass is 540 g/mol. The van der Waals surface area contributed by atoms with Gasteiger partial charge in [0.05, 0.1) is 30.8 Å². The molecule has 3 heterocycles. The van der Waals surface area contributed by atoms with Gasteiger partial charge in [0.1, 0.15) is 11.5 Å². The molecular formula is C30H28N4O4S. The van der Waals surface area contributed by atoms with Crippen molar-refractivity contribution >= 4 is 28.8 Å². The second-order valence-corrected chi connectivity index (χ2v) is 9.81. The van der Waals surface area contributed by atoms with E-state index in [2.05, 4.69) is 15.3 Å². The molecule has 8 nitrogen and oxygen atoms in total. The molecule has 0 aliphatic carbocycles. The van der Waals surface area contributed by atoms with Crippen molar-refractivity contribution in [2.24, 2.45) is 4.99 Å². The number of benzene rings is 2. The summed E-state index contributed by atoms with van der Waals surface area (Å²) in [6, 6.07) is 22.3. The molecule has 2 aliphatic rings. The van der Waals surface area contributed by atoms with Crippen LogP contribution < -0.4 is 10.1 Å². The van der Waals surface area contributed by atoms with Crippen LogP contribution in [-0.2, 0) is 20.7 Å². The van der Waals surface area contributed by atoms with E-state index < -0.39 is 12.0 Å². The Morgan fingerprint density at radius 1 is 1.03 bits per heavy atom. The Balaban J connectivity index is 1.39. The lowest BCUT2D eigenvalue weighted by Gasteiger charge is -2.36. The number of aliphatic imine (C=N–C) groups is 1. The maximum absolute atomic E-state index is 13.0.